The first-order valence-electron chi connectivity index (χ1n) is 8.75. The summed E-state index contributed by atoms with van der Waals surface area (Å²) in [5.41, 5.74) is 0.935. The summed E-state index contributed by atoms with van der Waals surface area (Å²) >= 11 is 12.2. The van der Waals surface area contributed by atoms with Gasteiger partial charge in [0, 0.05) is 23.2 Å². The van der Waals surface area contributed by atoms with Gasteiger partial charge in [-0.05, 0) is 50.3 Å². The maximum absolute atomic E-state index is 10.0. The summed E-state index contributed by atoms with van der Waals surface area (Å²) in [5, 5.41) is 17.7. The number of aliphatic hydroxyl groups is 1. The fourth-order valence-corrected chi connectivity index (χ4v) is 2.93. The van der Waals surface area contributed by atoms with E-state index in [0.717, 1.165) is 18.7 Å². The molecule has 2 atom stereocenters. The van der Waals surface area contributed by atoms with E-state index in [0.29, 0.717) is 28.5 Å². The Morgan fingerprint density at radius 1 is 1.38 bits per heavy atom. The van der Waals surface area contributed by atoms with Gasteiger partial charge in [-0.2, -0.15) is 0 Å². The first-order valence-corrected chi connectivity index (χ1v) is 9.50. The number of benzene rings is 1. The molecule has 148 valence electrons. The number of ether oxygens (including phenoxy) is 1. The van der Waals surface area contributed by atoms with Gasteiger partial charge in [-0.15, -0.1) is 24.0 Å². The van der Waals surface area contributed by atoms with Gasteiger partial charge in [0.15, 0.2) is 5.96 Å². The van der Waals surface area contributed by atoms with Crippen LogP contribution in [0.1, 0.15) is 38.3 Å². The lowest BCUT2D eigenvalue weighted by molar-refractivity contribution is 0.0368. The van der Waals surface area contributed by atoms with Crippen molar-refractivity contribution in [3.8, 4) is 0 Å². The second kappa shape index (κ2) is 12.2. The lowest BCUT2D eigenvalue weighted by Crippen LogP contribution is -2.39. The second-order valence-electron chi connectivity index (χ2n) is 6.39. The number of nitrogens with one attached hydrogen (secondary N) is 2. The average Bonchev–Trinajstić information content (AvgIpc) is 3.37. The molecule has 0 aliphatic heterocycles. The molecule has 5 nitrogen and oxygen atoms in total. The number of rotatable bonds is 9. The molecule has 8 heteroatoms. The van der Waals surface area contributed by atoms with Crippen LogP contribution in [0.2, 0.25) is 10.0 Å². The van der Waals surface area contributed by atoms with E-state index in [2.05, 4.69) is 15.6 Å². The van der Waals surface area contributed by atoms with Crippen LogP contribution in [0.25, 0.3) is 0 Å². The highest BCUT2D eigenvalue weighted by molar-refractivity contribution is 14.0. The minimum absolute atomic E-state index is 0. The molecule has 1 aliphatic carbocycles. The van der Waals surface area contributed by atoms with Crippen molar-refractivity contribution in [1.29, 1.82) is 0 Å². The molecule has 2 unspecified atom stereocenters. The quantitative estimate of drug-likeness (QED) is 0.264. The third kappa shape index (κ3) is 8.61. The van der Waals surface area contributed by atoms with E-state index in [1.807, 2.05) is 26.0 Å². The van der Waals surface area contributed by atoms with Crippen molar-refractivity contribution in [2.45, 2.75) is 38.8 Å². The van der Waals surface area contributed by atoms with Gasteiger partial charge in [0.05, 0.1) is 25.3 Å². The van der Waals surface area contributed by atoms with Crippen molar-refractivity contribution in [2.75, 3.05) is 26.3 Å². The Morgan fingerprint density at radius 2 is 2.12 bits per heavy atom. The Hall–Kier alpha value is -0.280. The molecule has 1 aromatic rings. The average molecular weight is 516 g/mol. The van der Waals surface area contributed by atoms with Gasteiger partial charge < -0.3 is 20.5 Å². The van der Waals surface area contributed by atoms with Crippen LogP contribution in [0, 0.1) is 5.92 Å². The minimum atomic E-state index is -0.608. The molecular weight excluding hydrogens is 488 g/mol. The summed E-state index contributed by atoms with van der Waals surface area (Å²) in [7, 11) is 0. The molecule has 0 radical (unpaired) electrons. The van der Waals surface area contributed by atoms with Crippen LogP contribution in [-0.4, -0.2) is 43.5 Å². The van der Waals surface area contributed by atoms with Crippen LogP contribution in [0.15, 0.2) is 23.2 Å². The molecule has 3 N–H and O–H groups in total. The van der Waals surface area contributed by atoms with Crippen molar-refractivity contribution in [3.63, 3.8) is 0 Å². The predicted molar refractivity (Wildman–Crippen MR) is 119 cm³/mol. The SMILES string of the molecule is CCNC(=NCC(O)COCC1CC1)NC(C)c1ccc(Cl)cc1Cl.I. The van der Waals surface area contributed by atoms with Crippen LogP contribution < -0.4 is 10.6 Å². The monoisotopic (exact) mass is 515 g/mol. The maximum atomic E-state index is 10.0. The molecule has 2 rings (SSSR count). The lowest BCUT2D eigenvalue weighted by Gasteiger charge is -2.20. The molecule has 26 heavy (non-hydrogen) atoms. The molecule has 1 aliphatic rings. The van der Waals surface area contributed by atoms with Crippen molar-refractivity contribution in [1.82, 2.24) is 10.6 Å². The smallest absolute Gasteiger partial charge is 0.191 e. The van der Waals surface area contributed by atoms with Gasteiger partial charge in [0.1, 0.15) is 0 Å². The summed E-state index contributed by atoms with van der Waals surface area (Å²) in [6.07, 6.45) is 1.88. The van der Waals surface area contributed by atoms with Gasteiger partial charge in [-0.3, -0.25) is 4.99 Å². The molecule has 1 saturated carbocycles. The van der Waals surface area contributed by atoms with Crippen LogP contribution >= 0.6 is 47.2 Å². The number of hydrogen-bond acceptors (Lipinski definition) is 3. The highest BCUT2D eigenvalue weighted by atomic mass is 127. The second-order valence-corrected chi connectivity index (χ2v) is 7.23. The van der Waals surface area contributed by atoms with Crippen molar-refractivity contribution >= 4 is 53.1 Å². The largest absolute Gasteiger partial charge is 0.389 e. The highest BCUT2D eigenvalue weighted by Gasteiger charge is 2.21. The Bertz CT molecular complexity index is 586. The molecular formula is C18H28Cl2IN3O2. The third-order valence-electron chi connectivity index (χ3n) is 3.95. The number of aliphatic imine (C=N–C) groups is 1. The topological polar surface area (TPSA) is 65.9 Å². The number of halogens is 3. The van der Waals surface area contributed by atoms with Crippen LogP contribution in [0.5, 0.6) is 0 Å². The zero-order chi connectivity index (χ0) is 18.2. The fraction of sp³-hybridized carbons (Fsp3) is 0.611. The molecule has 0 bridgehead atoms. The van der Waals surface area contributed by atoms with Crippen LogP contribution in [0.3, 0.4) is 0 Å². The van der Waals surface area contributed by atoms with Crippen molar-refractivity contribution in [3.05, 3.63) is 33.8 Å². The zero-order valence-electron chi connectivity index (χ0n) is 15.2. The van der Waals surface area contributed by atoms with E-state index < -0.39 is 6.10 Å². The lowest BCUT2D eigenvalue weighted by atomic mass is 10.1. The van der Waals surface area contributed by atoms with E-state index in [4.69, 9.17) is 27.9 Å². The standard InChI is InChI=1S/C18H27Cl2N3O2.HI/c1-3-21-18(22-9-15(24)11-25-10-13-4-5-13)23-12(2)16-7-6-14(19)8-17(16)20;/h6-8,12-13,15,24H,3-5,9-11H2,1-2H3,(H2,21,22,23);1H. The summed E-state index contributed by atoms with van der Waals surface area (Å²) in [4.78, 5) is 4.43. The number of nitrogens with zero attached hydrogens (tertiary/aromatic N) is 1. The molecule has 1 aromatic carbocycles. The van der Waals surface area contributed by atoms with Gasteiger partial charge >= 0.3 is 0 Å². The number of guanidine groups is 1. The Kier molecular flexibility index (Phi) is 11.2. The minimum Gasteiger partial charge on any atom is -0.389 e. The summed E-state index contributed by atoms with van der Waals surface area (Å²) in [6.45, 7) is 6.05. The van der Waals surface area contributed by atoms with E-state index in [1.165, 1.54) is 12.8 Å². The highest BCUT2D eigenvalue weighted by Crippen LogP contribution is 2.28. The van der Waals surface area contributed by atoms with E-state index in [9.17, 15) is 5.11 Å². The Morgan fingerprint density at radius 3 is 2.73 bits per heavy atom. The third-order valence-corrected chi connectivity index (χ3v) is 4.51. The zero-order valence-corrected chi connectivity index (χ0v) is 19.0. The fourth-order valence-electron chi connectivity index (χ4n) is 2.36. The van der Waals surface area contributed by atoms with E-state index >= 15 is 0 Å². The molecule has 0 aromatic heterocycles. The van der Waals surface area contributed by atoms with Crippen molar-refractivity contribution in [2.24, 2.45) is 10.9 Å². The molecule has 0 amide bonds. The number of aliphatic hydroxyl groups excluding tert-OH is 1. The van der Waals surface area contributed by atoms with Crippen LogP contribution in [0.4, 0.5) is 0 Å². The molecule has 0 saturated heterocycles. The summed E-state index contributed by atoms with van der Waals surface area (Å²) in [6, 6.07) is 5.38. The van der Waals surface area contributed by atoms with Gasteiger partial charge in [-0.25, -0.2) is 0 Å². The molecule has 0 heterocycles. The molecule has 0 spiro atoms. The van der Waals surface area contributed by atoms with Gasteiger partial charge in [0.2, 0.25) is 0 Å². The van der Waals surface area contributed by atoms with Crippen LogP contribution in [-0.2, 0) is 4.74 Å². The first kappa shape index (κ1) is 23.8. The Labute approximate surface area is 182 Å². The first-order chi connectivity index (χ1) is 12.0. The molecule has 1 fully saturated rings. The normalized spacial score (nSPS) is 16.6. The van der Waals surface area contributed by atoms with E-state index in [-0.39, 0.29) is 36.6 Å². The Balaban J connectivity index is 0.00000338. The van der Waals surface area contributed by atoms with Gasteiger partial charge in [-0.1, -0.05) is 29.3 Å². The van der Waals surface area contributed by atoms with Crippen molar-refractivity contribution < 1.29 is 9.84 Å². The summed E-state index contributed by atoms with van der Waals surface area (Å²) < 4.78 is 5.50. The summed E-state index contributed by atoms with van der Waals surface area (Å²) in [5.74, 6) is 1.32. The predicted octanol–water partition coefficient (Wildman–Crippen LogP) is 4.02. The van der Waals surface area contributed by atoms with Gasteiger partial charge in [0.25, 0.3) is 0 Å². The van der Waals surface area contributed by atoms with E-state index in [1.54, 1.807) is 6.07 Å². The maximum Gasteiger partial charge on any atom is 0.191 e. The number of hydrogen-bond donors (Lipinski definition) is 3.